The van der Waals surface area contributed by atoms with E-state index in [2.05, 4.69) is 9.88 Å². The number of likely N-dealkylation sites (tertiary alicyclic amines) is 1. The number of sulfone groups is 1. The molecule has 0 radical (unpaired) electrons. The van der Waals surface area contributed by atoms with Crippen LogP contribution in [-0.4, -0.2) is 48.9 Å². The summed E-state index contributed by atoms with van der Waals surface area (Å²) in [5, 5.41) is -0.270. The summed E-state index contributed by atoms with van der Waals surface area (Å²) in [6.45, 7) is 1.74. The first kappa shape index (κ1) is 19.5. The van der Waals surface area contributed by atoms with Gasteiger partial charge in [-0.15, -0.1) is 0 Å². The average molecular weight is 423 g/mol. The van der Waals surface area contributed by atoms with Crippen LogP contribution in [0.15, 0.2) is 12.3 Å². The number of alkyl halides is 3. The van der Waals surface area contributed by atoms with Crippen LogP contribution in [0.2, 0.25) is 5.02 Å². The van der Waals surface area contributed by atoms with Crippen molar-refractivity contribution in [1.29, 1.82) is 0 Å². The second kappa shape index (κ2) is 6.59. The fourth-order valence-corrected chi connectivity index (χ4v) is 7.76. The summed E-state index contributed by atoms with van der Waals surface area (Å²) < 4.78 is 62.2. The Labute approximate surface area is 162 Å². The third-order valence-electron chi connectivity index (χ3n) is 6.36. The third kappa shape index (κ3) is 3.72. The highest BCUT2D eigenvalue weighted by Gasteiger charge is 2.53. The van der Waals surface area contributed by atoms with E-state index < -0.39 is 21.7 Å². The molecule has 1 aromatic heterocycles. The summed E-state index contributed by atoms with van der Waals surface area (Å²) in [6.07, 6.45) is 0.938. The van der Waals surface area contributed by atoms with Crippen LogP contribution in [-0.2, 0) is 16.0 Å². The Morgan fingerprint density at radius 1 is 1.19 bits per heavy atom. The van der Waals surface area contributed by atoms with Crippen LogP contribution in [0.1, 0.15) is 49.3 Å². The molecule has 0 atom stereocenters. The lowest BCUT2D eigenvalue weighted by atomic mass is 9.81. The standard InChI is InChI=1S/C18H22ClF3N2O2S/c19-15-14(5-7-23-16(15)18(20,21)22)12-1-3-13(4-2-12)24-8-6-17(9-24)10-27(25,26)11-17/h5,7,12-13H,1-4,6,8-11H2. The minimum absolute atomic E-state index is 0.0125. The molecule has 0 aromatic carbocycles. The lowest BCUT2D eigenvalue weighted by Gasteiger charge is -2.40. The Bertz CT molecular complexity index is 823. The van der Waals surface area contributed by atoms with Crippen LogP contribution in [0.5, 0.6) is 0 Å². The van der Waals surface area contributed by atoms with E-state index >= 15 is 0 Å². The van der Waals surface area contributed by atoms with Gasteiger partial charge in [0.1, 0.15) is 0 Å². The molecule has 3 fully saturated rings. The highest BCUT2D eigenvalue weighted by molar-refractivity contribution is 7.92. The molecule has 2 saturated heterocycles. The second-order valence-electron chi connectivity index (χ2n) is 8.32. The molecule has 3 heterocycles. The molecule has 2 aliphatic heterocycles. The van der Waals surface area contributed by atoms with E-state index in [0.717, 1.165) is 45.2 Å². The van der Waals surface area contributed by atoms with Crippen LogP contribution in [0, 0.1) is 5.41 Å². The molecule has 3 aliphatic rings. The summed E-state index contributed by atoms with van der Waals surface area (Å²) >= 11 is 6.03. The number of rotatable bonds is 2. The minimum Gasteiger partial charge on any atom is -0.300 e. The second-order valence-corrected chi connectivity index (χ2v) is 10.8. The van der Waals surface area contributed by atoms with Crippen LogP contribution >= 0.6 is 11.6 Å². The molecule has 0 unspecified atom stereocenters. The predicted molar refractivity (Wildman–Crippen MR) is 96.5 cm³/mol. The number of pyridine rings is 1. The van der Waals surface area contributed by atoms with Crippen LogP contribution in [0.25, 0.3) is 0 Å². The molecule has 0 amide bonds. The first-order valence-corrected chi connectivity index (χ1v) is 11.4. The van der Waals surface area contributed by atoms with Gasteiger partial charge in [-0.25, -0.2) is 8.42 Å². The molecule has 1 aliphatic carbocycles. The van der Waals surface area contributed by atoms with Crippen molar-refractivity contribution in [3.8, 4) is 0 Å². The van der Waals surface area contributed by atoms with Crippen LogP contribution in [0.3, 0.4) is 0 Å². The van der Waals surface area contributed by atoms with Crippen molar-refractivity contribution >= 4 is 21.4 Å². The van der Waals surface area contributed by atoms with Gasteiger partial charge in [0, 0.05) is 24.2 Å². The molecule has 1 spiro atoms. The van der Waals surface area contributed by atoms with E-state index in [1.165, 1.54) is 6.20 Å². The summed E-state index contributed by atoms with van der Waals surface area (Å²) in [7, 11) is -2.83. The van der Waals surface area contributed by atoms with Crippen molar-refractivity contribution in [2.45, 2.75) is 50.2 Å². The van der Waals surface area contributed by atoms with E-state index in [1.54, 1.807) is 6.07 Å². The zero-order chi connectivity index (χ0) is 19.4. The molecule has 27 heavy (non-hydrogen) atoms. The number of nitrogens with zero attached hydrogens (tertiary/aromatic N) is 2. The molecule has 1 aromatic rings. The van der Waals surface area contributed by atoms with Gasteiger partial charge in [0.2, 0.25) is 0 Å². The monoisotopic (exact) mass is 422 g/mol. The van der Waals surface area contributed by atoms with Gasteiger partial charge in [-0.1, -0.05) is 11.6 Å². The Morgan fingerprint density at radius 2 is 1.85 bits per heavy atom. The predicted octanol–water partition coefficient (Wildman–Crippen LogP) is 3.90. The van der Waals surface area contributed by atoms with Gasteiger partial charge in [-0.05, 0) is 56.2 Å². The van der Waals surface area contributed by atoms with Crippen LogP contribution in [0.4, 0.5) is 13.2 Å². The average Bonchev–Trinajstić information content (AvgIpc) is 2.97. The number of hydrogen-bond donors (Lipinski definition) is 0. The fourth-order valence-electron chi connectivity index (χ4n) is 5.13. The van der Waals surface area contributed by atoms with E-state index in [-0.39, 0.29) is 16.4 Å². The molecule has 150 valence electrons. The van der Waals surface area contributed by atoms with Gasteiger partial charge in [-0.3, -0.25) is 9.88 Å². The molecular weight excluding hydrogens is 401 g/mol. The smallest absolute Gasteiger partial charge is 0.300 e. The highest BCUT2D eigenvalue weighted by Crippen LogP contribution is 2.45. The Kier molecular flexibility index (Phi) is 4.75. The Morgan fingerprint density at radius 3 is 2.44 bits per heavy atom. The Hall–Kier alpha value is -0.860. The molecule has 4 nitrogen and oxygen atoms in total. The van der Waals surface area contributed by atoms with E-state index in [1.807, 2.05) is 0 Å². The number of halogens is 4. The highest BCUT2D eigenvalue weighted by atomic mass is 35.5. The van der Waals surface area contributed by atoms with Crippen molar-refractivity contribution in [2.24, 2.45) is 5.41 Å². The van der Waals surface area contributed by atoms with Crippen molar-refractivity contribution in [1.82, 2.24) is 9.88 Å². The molecule has 1 saturated carbocycles. The largest absolute Gasteiger partial charge is 0.434 e. The van der Waals surface area contributed by atoms with E-state index in [0.29, 0.717) is 23.1 Å². The topological polar surface area (TPSA) is 50.3 Å². The molecule has 4 rings (SSSR count). The van der Waals surface area contributed by atoms with Gasteiger partial charge in [0.05, 0.1) is 16.5 Å². The first-order chi connectivity index (χ1) is 12.6. The van der Waals surface area contributed by atoms with E-state index in [4.69, 9.17) is 11.6 Å². The molecule has 9 heteroatoms. The van der Waals surface area contributed by atoms with Crippen molar-refractivity contribution in [3.05, 3.63) is 28.5 Å². The zero-order valence-electron chi connectivity index (χ0n) is 14.8. The van der Waals surface area contributed by atoms with Crippen LogP contribution < -0.4 is 0 Å². The van der Waals surface area contributed by atoms with Gasteiger partial charge >= 0.3 is 6.18 Å². The van der Waals surface area contributed by atoms with Gasteiger partial charge in [0.15, 0.2) is 15.5 Å². The maximum Gasteiger partial charge on any atom is 0.434 e. The summed E-state index contributed by atoms with van der Waals surface area (Å²) in [4.78, 5) is 5.80. The molecule has 0 bridgehead atoms. The normalized spacial score (nSPS) is 30.4. The first-order valence-electron chi connectivity index (χ1n) is 9.25. The number of aromatic nitrogens is 1. The van der Waals surface area contributed by atoms with E-state index in [9.17, 15) is 21.6 Å². The summed E-state index contributed by atoms with van der Waals surface area (Å²) in [6, 6.07) is 1.98. The lowest BCUT2D eigenvalue weighted by molar-refractivity contribution is -0.141. The lowest BCUT2D eigenvalue weighted by Crippen LogP contribution is -2.51. The fraction of sp³-hybridized carbons (Fsp3) is 0.722. The summed E-state index contributed by atoms with van der Waals surface area (Å²) in [5.41, 5.74) is -0.511. The number of hydrogen-bond acceptors (Lipinski definition) is 4. The Balaban J connectivity index is 1.39. The minimum atomic E-state index is -4.54. The zero-order valence-corrected chi connectivity index (χ0v) is 16.4. The van der Waals surface area contributed by atoms with Gasteiger partial charge in [-0.2, -0.15) is 13.2 Å². The van der Waals surface area contributed by atoms with Gasteiger partial charge < -0.3 is 0 Å². The van der Waals surface area contributed by atoms with Crippen molar-refractivity contribution in [3.63, 3.8) is 0 Å². The maximum atomic E-state index is 13.0. The molecule has 0 N–H and O–H groups in total. The molecular formula is C18H22ClF3N2O2S. The SMILES string of the molecule is O=S1(=O)CC2(CCN(C3CCC(c4ccnc(C(F)(F)F)c4Cl)CC3)C2)C1. The summed E-state index contributed by atoms with van der Waals surface area (Å²) in [5.74, 6) is 0.621. The quantitative estimate of drug-likeness (QED) is 0.725. The maximum absolute atomic E-state index is 13.0. The van der Waals surface area contributed by atoms with Crippen molar-refractivity contribution < 1.29 is 21.6 Å². The third-order valence-corrected chi connectivity index (χ3v) is 8.86. The van der Waals surface area contributed by atoms with Gasteiger partial charge in [0.25, 0.3) is 0 Å². The van der Waals surface area contributed by atoms with Crippen molar-refractivity contribution in [2.75, 3.05) is 24.6 Å².